The van der Waals surface area contributed by atoms with Gasteiger partial charge in [-0.2, -0.15) is 0 Å². The van der Waals surface area contributed by atoms with E-state index in [0.29, 0.717) is 0 Å². The molecule has 0 fully saturated rings. The smallest absolute Gasteiger partial charge is 0.322 e. The van der Waals surface area contributed by atoms with E-state index in [1.54, 1.807) is 13.0 Å². The average Bonchev–Trinajstić information content (AvgIpc) is 2.30. The minimum absolute atomic E-state index is 0.224. The van der Waals surface area contributed by atoms with Crippen molar-refractivity contribution in [1.82, 2.24) is 0 Å². The highest BCUT2D eigenvalue weighted by Crippen LogP contribution is 2.07. The molecule has 1 rings (SSSR count). The molecular formula is C13H15NO3. The van der Waals surface area contributed by atoms with Crippen LogP contribution in [-0.4, -0.2) is 18.5 Å². The van der Waals surface area contributed by atoms with Gasteiger partial charge in [0.2, 0.25) is 5.91 Å². The third kappa shape index (κ3) is 4.10. The zero-order chi connectivity index (χ0) is 12.7. The first-order valence-electron chi connectivity index (χ1n) is 5.34. The lowest BCUT2D eigenvalue weighted by Crippen LogP contribution is -2.30. The van der Waals surface area contributed by atoms with Gasteiger partial charge < -0.3 is 10.5 Å². The van der Waals surface area contributed by atoms with Crippen molar-refractivity contribution in [1.29, 1.82) is 0 Å². The summed E-state index contributed by atoms with van der Waals surface area (Å²) in [7, 11) is 0. The Hall–Kier alpha value is -2.10. The van der Waals surface area contributed by atoms with Crippen LogP contribution in [0.5, 0.6) is 0 Å². The maximum absolute atomic E-state index is 11.4. The molecule has 1 aromatic carbocycles. The molecule has 1 amide bonds. The molecule has 1 aromatic rings. The zero-order valence-corrected chi connectivity index (χ0v) is 9.63. The Morgan fingerprint density at radius 1 is 1.35 bits per heavy atom. The van der Waals surface area contributed by atoms with Crippen LogP contribution >= 0.6 is 0 Å². The zero-order valence-electron chi connectivity index (χ0n) is 9.63. The molecule has 0 aliphatic rings. The molecule has 0 bridgehead atoms. The van der Waals surface area contributed by atoms with Crippen molar-refractivity contribution in [3.05, 3.63) is 42.0 Å². The molecule has 2 N–H and O–H groups in total. The van der Waals surface area contributed by atoms with Crippen molar-refractivity contribution < 1.29 is 14.3 Å². The maximum Gasteiger partial charge on any atom is 0.322 e. The summed E-state index contributed by atoms with van der Waals surface area (Å²) in [5, 5.41) is 0. The summed E-state index contributed by atoms with van der Waals surface area (Å²) in [4.78, 5) is 22.5. The molecule has 4 nitrogen and oxygen atoms in total. The molecule has 0 aliphatic carbocycles. The van der Waals surface area contributed by atoms with Gasteiger partial charge in [0.1, 0.15) is 0 Å². The molecular weight excluding hydrogens is 218 g/mol. The Morgan fingerprint density at radius 3 is 2.53 bits per heavy atom. The average molecular weight is 233 g/mol. The largest absolute Gasteiger partial charge is 0.465 e. The van der Waals surface area contributed by atoms with Crippen molar-refractivity contribution >= 4 is 18.0 Å². The molecule has 1 unspecified atom stereocenters. The van der Waals surface area contributed by atoms with Gasteiger partial charge in [-0.05, 0) is 12.5 Å². The summed E-state index contributed by atoms with van der Waals surface area (Å²) in [6.45, 7) is 1.90. The molecule has 1 atom stereocenters. The number of carbonyl (C=O) groups is 2. The molecule has 0 aromatic heterocycles. The van der Waals surface area contributed by atoms with E-state index >= 15 is 0 Å². The Kier molecular flexibility index (Phi) is 4.94. The summed E-state index contributed by atoms with van der Waals surface area (Å²) >= 11 is 0. The van der Waals surface area contributed by atoms with E-state index in [1.165, 1.54) is 6.08 Å². The van der Waals surface area contributed by atoms with Crippen LogP contribution in [0.1, 0.15) is 12.5 Å². The quantitative estimate of drug-likeness (QED) is 0.616. The van der Waals surface area contributed by atoms with Gasteiger partial charge in [-0.25, -0.2) is 0 Å². The minimum atomic E-state index is -1.03. The van der Waals surface area contributed by atoms with Crippen LogP contribution in [0, 0.1) is 5.92 Å². The van der Waals surface area contributed by atoms with Crippen molar-refractivity contribution in [2.75, 3.05) is 6.61 Å². The molecule has 0 saturated heterocycles. The van der Waals surface area contributed by atoms with Crippen molar-refractivity contribution in [3.8, 4) is 0 Å². The number of ether oxygens (including phenoxy) is 1. The first-order valence-corrected chi connectivity index (χ1v) is 5.34. The van der Waals surface area contributed by atoms with Gasteiger partial charge in [0.05, 0.1) is 6.61 Å². The predicted molar refractivity (Wildman–Crippen MR) is 64.8 cm³/mol. The number of rotatable bonds is 5. The summed E-state index contributed by atoms with van der Waals surface area (Å²) in [6, 6.07) is 9.33. The van der Waals surface area contributed by atoms with Crippen LogP contribution in [0.2, 0.25) is 0 Å². The van der Waals surface area contributed by atoms with Gasteiger partial charge in [-0.1, -0.05) is 42.5 Å². The van der Waals surface area contributed by atoms with E-state index < -0.39 is 17.8 Å². The second kappa shape index (κ2) is 6.48. The number of hydrogen-bond donors (Lipinski definition) is 1. The van der Waals surface area contributed by atoms with E-state index in [1.807, 2.05) is 30.3 Å². The third-order valence-corrected chi connectivity index (χ3v) is 2.13. The van der Waals surface area contributed by atoms with Crippen LogP contribution < -0.4 is 5.73 Å². The first-order chi connectivity index (χ1) is 8.15. The number of esters is 1. The van der Waals surface area contributed by atoms with E-state index in [-0.39, 0.29) is 6.61 Å². The fourth-order valence-corrected chi connectivity index (χ4v) is 1.29. The molecule has 0 saturated carbocycles. The summed E-state index contributed by atoms with van der Waals surface area (Å²) in [5.41, 5.74) is 6.03. The monoisotopic (exact) mass is 233 g/mol. The summed E-state index contributed by atoms with van der Waals surface area (Å²) < 4.78 is 4.76. The molecule has 0 heterocycles. The number of primary amides is 1. The lowest BCUT2D eigenvalue weighted by atomic mass is 10.1. The molecule has 17 heavy (non-hydrogen) atoms. The van der Waals surface area contributed by atoms with Crippen molar-refractivity contribution in [2.24, 2.45) is 11.7 Å². The van der Waals surface area contributed by atoms with E-state index in [0.717, 1.165) is 5.56 Å². The number of benzene rings is 1. The van der Waals surface area contributed by atoms with Gasteiger partial charge >= 0.3 is 5.97 Å². The lowest BCUT2D eigenvalue weighted by Gasteiger charge is -2.07. The van der Waals surface area contributed by atoms with E-state index in [2.05, 4.69) is 0 Å². The first kappa shape index (κ1) is 13.0. The molecule has 0 spiro atoms. The predicted octanol–water partition coefficient (Wildman–Crippen LogP) is 1.36. The van der Waals surface area contributed by atoms with Gasteiger partial charge in [0.15, 0.2) is 5.92 Å². The minimum Gasteiger partial charge on any atom is -0.465 e. The second-order valence-electron chi connectivity index (χ2n) is 3.40. The van der Waals surface area contributed by atoms with Crippen LogP contribution in [-0.2, 0) is 14.3 Å². The standard InChI is InChI=1S/C13H15NO3/c1-2-17-13(16)11(12(14)15)9-8-10-6-4-3-5-7-10/h3-9,11H,2H2,1H3,(H2,14,15)/b9-8+. The van der Waals surface area contributed by atoms with E-state index in [4.69, 9.17) is 10.5 Å². The van der Waals surface area contributed by atoms with Gasteiger partial charge in [-0.3, -0.25) is 9.59 Å². The number of hydrogen-bond acceptors (Lipinski definition) is 3. The second-order valence-corrected chi connectivity index (χ2v) is 3.40. The van der Waals surface area contributed by atoms with Gasteiger partial charge in [-0.15, -0.1) is 0 Å². The normalized spacial score (nSPS) is 12.3. The Morgan fingerprint density at radius 2 is 2.00 bits per heavy atom. The van der Waals surface area contributed by atoms with Gasteiger partial charge in [0, 0.05) is 0 Å². The third-order valence-electron chi connectivity index (χ3n) is 2.13. The molecule has 0 aliphatic heterocycles. The van der Waals surface area contributed by atoms with Crippen molar-refractivity contribution in [3.63, 3.8) is 0 Å². The topological polar surface area (TPSA) is 69.4 Å². The van der Waals surface area contributed by atoms with E-state index in [9.17, 15) is 9.59 Å². The van der Waals surface area contributed by atoms with Crippen LogP contribution in [0.3, 0.4) is 0 Å². The number of amides is 1. The molecule has 0 radical (unpaired) electrons. The molecule has 90 valence electrons. The van der Waals surface area contributed by atoms with Gasteiger partial charge in [0.25, 0.3) is 0 Å². The summed E-state index contributed by atoms with van der Waals surface area (Å²) in [5.74, 6) is -2.36. The lowest BCUT2D eigenvalue weighted by molar-refractivity contribution is -0.149. The highest BCUT2D eigenvalue weighted by Gasteiger charge is 2.22. The Labute approximate surface area is 100 Å². The fourth-order valence-electron chi connectivity index (χ4n) is 1.29. The number of nitrogens with two attached hydrogens (primary N) is 1. The maximum atomic E-state index is 11.4. The Balaban J connectivity index is 2.77. The van der Waals surface area contributed by atoms with Crippen LogP contribution in [0.25, 0.3) is 6.08 Å². The Bertz CT molecular complexity index is 412. The highest BCUT2D eigenvalue weighted by atomic mass is 16.5. The summed E-state index contributed by atoms with van der Waals surface area (Å²) in [6.07, 6.45) is 3.13. The number of carbonyl (C=O) groups excluding carboxylic acids is 2. The van der Waals surface area contributed by atoms with Crippen molar-refractivity contribution in [2.45, 2.75) is 6.92 Å². The molecule has 4 heteroatoms. The fraction of sp³-hybridized carbons (Fsp3) is 0.231. The SMILES string of the molecule is CCOC(=O)C(/C=C/c1ccccc1)C(N)=O. The van der Waals surface area contributed by atoms with Crippen LogP contribution in [0.4, 0.5) is 0 Å². The highest BCUT2D eigenvalue weighted by molar-refractivity contribution is 5.99. The van der Waals surface area contributed by atoms with Crippen LogP contribution in [0.15, 0.2) is 36.4 Å².